The van der Waals surface area contributed by atoms with Crippen LogP contribution in [0.4, 0.5) is 13.2 Å². The van der Waals surface area contributed by atoms with Gasteiger partial charge < -0.3 is 0 Å². The van der Waals surface area contributed by atoms with Gasteiger partial charge in [-0.25, -0.2) is 10.1 Å². The molecule has 0 radical (unpaired) electrons. The molecular weight excluding hydrogens is 433 g/mol. The van der Waals surface area contributed by atoms with E-state index < -0.39 is 23.3 Å². The first kappa shape index (κ1) is 18.3. The quantitative estimate of drug-likeness (QED) is 0.478. The van der Waals surface area contributed by atoms with Gasteiger partial charge in [0.1, 0.15) is 0 Å². The number of nitrogens with one attached hydrogen (secondary N) is 1. The summed E-state index contributed by atoms with van der Waals surface area (Å²) in [6.45, 7) is 0. The number of nitrogens with zero attached hydrogens (tertiary/aromatic N) is 3. The van der Waals surface area contributed by atoms with E-state index in [9.17, 15) is 18.0 Å². The minimum atomic E-state index is -4.76. The molecule has 0 fully saturated rings. The average Bonchev–Trinajstić information content (AvgIpc) is 3.21. The van der Waals surface area contributed by atoms with Gasteiger partial charge in [0.25, 0.3) is 5.91 Å². The zero-order chi connectivity index (χ0) is 18.7. The molecule has 3 rings (SSSR count). The maximum atomic E-state index is 13.5. The molecule has 0 bridgehead atoms. The first-order valence-corrected chi connectivity index (χ1v) is 8.81. The molecule has 3 aromatic rings. The number of alkyl halides is 3. The van der Waals surface area contributed by atoms with E-state index in [0.717, 1.165) is 15.5 Å². The van der Waals surface area contributed by atoms with Gasteiger partial charge >= 0.3 is 6.18 Å². The smallest absolute Gasteiger partial charge is 0.267 e. The molecule has 0 saturated heterocycles. The van der Waals surface area contributed by atoms with Gasteiger partial charge in [0.15, 0.2) is 5.69 Å². The number of amides is 1. The van der Waals surface area contributed by atoms with Crippen molar-refractivity contribution in [1.82, 2.24) is 15.2 Å². The molecule has 0 spiro atoms. The third-order valence-corrected chi connectivity index (χ3v) is 4.86. The van der Waals surface area contributed by atoms with Gasteiger partial charge in [-0.2, -0.15) is 23.4 Å². The van der Waals surface area contributed by atoms with E-state index in [1.807, 2.05) is 5.38 Å². The lowest BCUT2D eigenvalue weighted by molar-refractivity contribution is -0.143. The van der Waals surface area contributed by atoms with Crippen molar-refractivity contribution in [2.24, 2.45) is 5.10 Å². The topological polar surface area (TPSA) is 59.3 Å². The van der Waals surface area contributed by atoms with Crippen molar-refractivity contribution < 1.29 is 18.0 Å². The van der Waals surface area contributed by atoms with Crippen molar-refractivity contribution in [2.45, 2.75) is 6.18 Å². The number of benzene rings is 1. The second-order valence-electron chi connectivity index (χ2n) is 5.02. The van der Waals surface area contributed by atoms with Crippen LogP contribution < -0.4 is 5.43 Å². The van der Waals surface area contributed by atoms with E-state index >= 15 is 0 Å². The molecule has 1 aromatic carbocycles. The van der Waals surface area contributed by atoms with Crippen LogP contribution in [0.1, 0.15) is 20.9 Å². The summed E-state index contributed by atoms with van der Waals surface area (Å²) in [5, 5.41) is 9.23. The number of hydrazone groups is 1. The summed E-state index contributed by atoms with van der Waals surface area (Å²) in [5.74, 6) is -0.994. The van der Waals surface area contributed by atoms with Gasteiger partial charge in [-0.3, -0.25) is 4.79 Å². The highest BCUT2D eigenvalue weighted by Crippen LogP contribution is 2.33. The van der Waals surface area contributed by atoms with E-state index in [4.69, 9.17) is 0 Å². The molecular formula is C16H10BrF3N4OS. The third-order valence-electron chi connectivity index (χ3n) is 3.23. The molecule has 134 valence electrons. The van der Waals surface area contributed by atoms with Crippen LogP contribution in [0.15, 0.2) is 57.5 Å². The van der Waals surface area contributed by atoms with E-state index in [0.29, 0.717) is 4.68 Å². The lowest BCUT2D eigenvalue weighted by Gasteiger charge is -2.12. The number of halogens is 4. The summed E-state index contributed by atoms with van der Waals surface area (Å²) in [5.41, 5.74) is 0.540. The van der Waals surface area contributed by atoms with Gasteiger partial charge in [-0.15, -0.1) is 11.3 Å². The monoisotopic (exact) mass is 442 g/mol. The fraction of sp³-hybridized carbons (Fsp3) is 0.0625. The Labute approximate surface area is 158 Å². The number of hydrogen-bond acceptors (Lipinski definition) is 4. The van der Waals surface area contributed by atoms with E-state index in [1.165, 1.54) is 29.7 Å². The fourth-order valence-corrected chi connectivity index (χ4v) is 3.47. The molecule has 5 nitrogen and oxygen atoms in total. The molecule has 10 heteroatoms. The fourth-order valence-electron chi connectivity index (χ4n) is 2.16. The number of aromatic nitrogens is 2. The van der Waals surface area contributed by atoms with E-state index in [2.05, 4.69) is 31.6 Å². The van der Waals surface area contributed by atoms with Crippen LogP contribution >= 0.6 is 27.3 Å². The lowest BCUT2D eigenvalue weighted by atomic mass is 10.2. The minimum absolute atomic E-state index is 0.200. The Bertz CT molecular complexity index is 950. The molecule has 1 amide bonds. The summed E-state index contributed by atoms with van der Waals surface area (Å²) in [7, 11) is 0. The van der Waals surface area contributed by atoms with E-state index in [1.54, 1.807) is 24.3 Å². The van der Waals surface area contributed by atoms with Crippen molar-refractivity contribution >= 4 is 39.4 Å². The summed E-state index contributed by atoms with van der Waals surface area (Å²) in [6.07, 6.45) is -2.54. The first-order chi connectivity index (χ1) is 12.4. The highest BCUT2D eigenvalue weighted by Gasteiger charge is 2.40. The Morgan fingerprint density at radius 3 is 2.65 bits per heavy atom. The summed E-state index contributed by atoms with van der Waals surface area (Å²) in [4.78, 5) is 12.9. The van der Waals surface area contributed by atoms with Crippen molar-refractivity contribution in [3.05, 3.63) is 68.6 Å². The van der Waals surface area contributed by atoms with Crippen LogP contribution in [0.3, 0.4) is 0 Å². The van der Waals surface area contributed by atoms with Crippen LogP contribution in [0.2, 0.25) is 0 Å². The summed E-state index contributed by atoms with van der Waals surface area (Å²) in [6, 6.07) is 9.54. The number of carbonyl (C=O) groups is 1. The van der Waals surface area contributed by atoms with Gasteiger partial charge in [0.05, 0.1) is 23.7 Å². The number of carbonyl (C=O) groups excluding carboxylic acids is 1. The second kappa shape index (κ2) is 7.42. The van der Waals surface area contributed by atoms with Crippen molar-refractivity contribution in [3.63, 3.8) is 0 Å². The number of thiophene rings is 1. The standard InChI is InChI=1S/C16H10BrF3N4OS/c17-10-6-12(26-9-10)7-21-23-15(25)13-8-22-24(14(13)16(18,19)20)11-4-2-1-3-5-11/h1-9H,(H,23,25)/b21-7+. The second-order valence-corrected chi connectivity index (χ2v) is 6.88. The van der Waals surface area contributed by atoms with Gasteiger partial charge in [-0.1, -0.05) is 18.2 Å². The molecule has 0 aliphatic carbocycles. The largest absolute Gasteiger partial charge is 0.434 e. The minimum Gasteiger partial charge on any atom is -0.267 e. The third kappa shape index (κ3) is 4.02. The molecule has 1 N–H and O–H groups in total. The summed E-state index contributed by atoms with van der Waals surface area (Å²) < 4.78 is 42.0. The Morgan fingerprint density at radius 2 is 2.04 bits per heavy atom. The predicted octanol–water partition coefficient (Wildman–Crippen LogP) is 4.48. The Hall–Kier alpha value is -2.46. The molecule has 0 unspecified atom stereocenters. The van der Waals surface area contributed by atoms with Crippen LogP contribution in [-0.4, -0.2) is 21.9 Å². The molecule has 26 heavy (non-hydrogen) atoms. The Balaban J connectivity index is 1.88. The highest BCUT2D eigenvalue weighted by molar-refractivity contribution is 9.10. The molecule has 2 aromatic heterocycles. The van der Waals surface area contributed by atoms with Gasteiger partial charge in [0, 0.05) is 14.7 Å². The predicted molar refractivity (Wildman–Crippen MR) is 95.6 cm³/mol. The molecule has 0 atom stereocenters. The maximum Gasteiger partial charge on any atom is 0.434 e. The van der Waals surface area contributed by atoms with Crippen molar-refractivity contribution in [2.75, 3.05) is 0 Å². The van der Waals surface area contributed by atoms with Crippen LogP contribution in [0.5, 0.6) is 0 Å². The number of para-hydroxylation sites is 1. The average molecular weight is 443 g/mol. The van der Waals surface area contributed by atoms with E-state index in [-0.39, 0.29) is 5.69 Å². The van der Waals surface area contributed by atoms with Crippen molar-refractivity contribution in [1.29, 1.82) is 0 Å². The van der Waals surface area contributed by atoms with Crippen LogP contribution in [-0.2, 0) is 6.18 Å². The number of hydrogen-bond donors (Lipinski definition) is 1. The maximum absolute atomic E-state index is 13.5. The SMILES string of the molecule is O=C(N/N=C/c1cc(Br)cs1)c1cnn(-c2ccccc2)c1C(F)(F)F. The zero-order valence-corrected chi connectivity index (χ0v) is 15.3. The molecule has 0 saturated carbocycles. The Kier molecular flexibility index (Phi) is 5.23. The molecule has 0 aliphatic heterocycles. The molecule has 0 aliphatic rings. The zero-order valence-electron chi connectivity index (χ0n) is 12.9. The highest BCUT2D eigenvalue weighted by atomic mass is 79.9. The molecule has 2 heterocycles. The van der Waals surface area contributed by atoms with Crippen molar-refractivity contribution in [3.8, 4) is 5.69 Å². The lowest BCUT2D eigenvalue weighted by Crippen LogP contribution is -2.23. The van der Waals surface area contributed by atoms with Crippen LogP contribution in [0, 0.1) is 0 Å². The van der Waals surface area contributed by atoms with Crippen LogP contribution in [0.25, 0.3) is 5.69 Å². The summed E-state index contributed by atoms with van der Waals surface area (Å²) >= 11 is 4.63. The normalized spacial score (nSPS) is 11.8. The number of rotatable bonds is 4. The Morgan fingerprint density at radius 1 is 1.31 bits per heavy atom. The van der Waals surface area contributed by atoms with Gasteiger partial charge in [0.2, 0.25) is 0 Å². The van der Waals surface area contributed by atoms with Gasteiger partial charge in [-0.05, 0) is 34.1 Å². The first-order valence-electron chi connectivity index (χ1n) is 7.14.